The van der Waals surface area contributed by atoms with Gasteiger partial charge < -0.3 is 14.4 Å². The van der Waals surface area contributed by atoms with Crippen LogP contribution in [0.1, 0.15) is 27.7 Å². The van der Waals surface area contributed by atoms with E-state index in [1.807, 2.05) is 0 Å². The highest BCUT2D eigenvalue weighted by Crippen LogP contribution is 2.08. The molecule has 0 aromatic rings. The largest absolute Gasteiger partial charge is 0.465 e. The van der Waals surface area contributed by atoms with Crippen molar-refractivity contribution < 1.29 is 19.1 Å². The number of nitrogens with zero attached hydrogens (tertiary/aromatic N) is 1. The number of hydrogen-bond acceptors (Lipinski definition) is 4. The van der Waals surface area contributed by atoms with E-state index >= 15 is 0 Å². The second kappa shape index (κ2) is 5.58. The molecular weight excluding hydrogens is 198 g/mol. The molecule has 0 bridgehead atoms. The molecule has 0 atom stereocenters. The van der Waals surface area contributed by atoms with Crippen LogP contribution in [0.2, 0.25) is 0 Å². The number of likely N-dealkylation sites (N-methyl/N-ethyl adjacent to an activating group) is 1. The van der Waals surface area contributed by atoms with Crippen molar-refractivity contribution in [2.45, 2.75) is 33.3 Å². The Morgan fingerprint density at radius 1 is 1.27 bits per heavy atom. The van der Waals surface area contributed by atoms with Crippen molar-refractivity contribution in [1.82, 2.24) is 4.90 Å². The fourth-order valence-electron chi connectivity index (χ4n) is 0.805. The van der Waals surface area contributed by atoms with Gasteiger partial charge in [0.05, 0.1) is 6.61 Å². The molecule has 5 heteroatoms. The molecule has 0 aliphatic rings. The summed E-state index contributed by atoms with van der Waals surface area (Å²) < 4.78 is 9.76. The van der Waals surface area contributed by atoms with E-state index < -0.39 is 17.7 Å². The molecule has 0 saturated carbocycles. The van der Waals surface area contributed by atoms with Crippen LogP contribution >= 0.6 is 0 Å². The standard InChI is InChI=1S/C10H19NO4/c1-6-14-8(12)7-11(5)9(13)15-10(2,3)4/h6-7H2,1-5H3. The Bertz CT molecular complexity index is 232. The van der Waals surface area contributed by atoms with Crippen molar-refractivity contribution in [3.63, 3.8) is 0 Å². The lowest BCUT2D eigenvalue weighted by atomic mass is 10.2. The van der Waals surface area contributed by atoms with Crippen molar-refractivity contribution in [3.05, 3.63) is 0 Å². The number of carbonyl (C=O) groups excluding carboxylic acids is 2. The summed E-state index contributed by atoms with van der Waals surface area (Å²) in [4.78, 5) is 23.6. The molecule has 0 heterocycles. The summed E-state index contributed by atoms with van der Waals surface area (Å²) in [5.74, 6) is -0.439. The molecule has 0 aliphatic carbocycles. The number of carbonyl (C=O) groups is 2. The summed E-state index contributed by atoms with van der Waals surface area (Å²) in [7, 11) is 1.49. The first-order valence-electron chi connectivity index (χ1n) is 4.86. The van der Waals surface area contributed by atoms with Crippen molar-refractivity contribution in [2.75, 3.05) is 20.2 Å². The molecular formula is C10H19NO4. The first-order valence-corrected chi connectivity index (χ1v) is 4.86. The molecule has 0 aromatic carbocycles. The second-order valence-electron chi connectivity index (χ2n) is 4.14. The molecule has 0 saturated heterocycles. The average molecular weight is 217 g/mol. The predicted molar refractivity (Wildman–Crippen MR) is 55.5 cm³/mol. The quantitative estimate of drug-likeness (QED) is 0.671. The summed E-state index contributed by atoms with van der Waals surface area (Å²) in [6.45, 7) is 7.23. The minimum absolute atomic E-state index is 0.0945. The van der Waals surface area contributed by atoms with Crippen LogP contribution in [-0.2, 0) is 14.3 Å². The van der Waals surface area contributed by atoms with Gasteiger partial charge in [-0.05, 0) is 27.7 Å². The first kappa shape index (κ1) is 13.7. The highest BCUT2D eigenvalue weighted by atomic mass is 16.6. The van der Waals surface area contributed by atoms with Gasteiger partial charge in [-0.25, -0.2) is 4.79 Å². The fraction of sp³-hybridized carbons (Fsp3) is 0.800. The van der Waals surface area contributed by atoms with E-state index in [1.165, 1.54) is 11.9 Å². The zero-order valence-corrected chi connectivity index (χ0v) is 9.99. The Kier molecular flexibility index (Phi) is 5.11. The topological polar surface area (TPSA) is 55.8 Å². The zero-order chi connectivity index (χ0) is 12.1. The van der Waals surface area contributed by atoms with Crippen LogP contribution < -0.4 is 0 Å². The zero-order valence-electron chi connectivity index (χ0n) is 9.99. The fourth-order valence-corrected chi connectivity index (χ4v) is 0.805. The molecule has 0 aliphatic heterocycles. The lowest BCUT2D eigenvalue weighted by Gasteiger charge is -2.23. The SMILES string of the molecule is CCOC(=O)CN(C)C(=O)OC(C)(C)C. The Labute approximate surface area is 90.3 Å². The number of hydrogen-bond donors (Lipinski definition) is 0. The van der Waals surface area contributed by atoms with Gasteiger partial charge in [-0.15, -0.1) is 0 Å². The van der Waals surface area contributed by atoms with E-state index in [-0.39, 0.29) is 6.54 Å². The molecule has 0 fully saturated rings. The van der Waals surface area contributed by atoms with E-state index in [9.17, 15) is 9.59 Å². The van der Waals surface area contributed by atoms with Gasteiger partial charge in [0.2, 0.25) is 0 Å². The molecule has 0 N–H and O–H groups in total. The summed E-state index contributed by atoms with van der Waals surface area (Å²) in [5.41, 5.74) is -0.556. The van der Waals surface area contributed by atoms with Gasteiger partial charge in [0.1, 0.15) is 12.1 Å². The molecule has 0 spiro atoms. The smallest absolute Gasteiger partial charge is 0.410 e. The van der Waals surface area contributed by atoms with Crippen molar-refractivity contribution >= 4 is 12.1 Å². The Hall–Kier alpha value is -1.26. The maximum absolute atomic E-state index is 11.4. The number of rotatable bonds is 3. The molecule has 88 valence electrons. The van der Waals surface area contributed by atoms with E-state index in [0.717, 1.165) is 0 Å². The van der Waals surface area contributed by atoms with Crippen LogP contribution in [0.3, 0.4) is 0 Å². The van der Waals surface area contributed by atoms with E-state index in [4.69, 9.17) is 9.47 Å². The lowest BCUT2D eigenvalue weighted by molar-refractivity contribution is -0.144. The van der Waals surface area contributed by atoms with Gasteiger partial charge in [-0.3, -0.25) is 4.79 Å². The number of ether oxygens (including phenoxy) is 2. The minimum Gasteiger partial charge on any atom is -0.465 e. The molecule has 0 radical (unpaired) electrons. The summed E-state index contributed by atoms with van der Waals surface area (Å²) in [6.07, 6.45) is -0.532. The maximum atomic E-state index is 11.4. The Balaban J connectivity index is 4.05. The average Bonchev–Trinajstić information content (AvgIpc) is 2.00. The molecule has 1 amide bonds. The highest BCUT2D eigenvalue weighted by molar-refractivity contribution is 5.77. The van der Waals surface area contributed by atoms with Crippen LogP contribution in [0, 0.1) is 0 Å². The Morgan fingerprint density at radius 2 is 1.80 bits per heavy atom. The van der Waals surface area contributed by atoms with Gasteiger partial charge in [0.15, 0.2) is 0 Å². The van der Waals surface area contributed by atoms with Crippen LogP contribution in [-0.4, -0.2) is 42.8 Å². The van der Waals surface area contributed by atoms with Crippen molar-refractivity contribution in [3.8, 4) is 0 Å². The van der Waals surface area contributed by atoms with E-state index in [2.05, 4.69) is 0 Å². The van der Waals surface area contributed by atoms with Gasteiger partial charge >= 0.3 is 12.1 Å². The summed E-state index contributed by atoms with van der Waals surface area (Å²) in [6, 6.07) is 0. The van der Waals surface area contributed by atoms with Crippen LogP contribution in [0.5, 0.6) is 0 Å². The van der Waals surface area contributed by atoms with Crippen LogP contribution in [0.15, 0.2) is 0 Å². The predicted octanol–water partition coefficient (Wildman–Crippen LogP) is 1.42. The van der Waals surface area contributed by atoms with E-state index in [1.54, 1.807) is 27.7 Å². The summed E-state index contributed by atoms with van der Waals surface area (Å²) in [5, 5.41) is 0. The van der Waals surface area contributed by atoms with Gasteiger partial charge in [-0.2, -0.15) is 0 Å². The third kappa shape index (κ3) is 6.76. The van der Waals surface area contributed by atoms with Gasteiger partial charge in [0.25, 0.3) is 0 Å². The van der Waals surface area contributed by atoms with Crippen molar-refractivity contribution in [1.29, 1.82) is 0 Å². The van der Waals surface area contributed by atoms with Gasteiger partial charge in [-0.1, -0.05) is 0 Å². The highest BCUT2D eigenvalue weighted by Gasteiger charge is 2.21. The van der Waals surface area contributed by atoms with E-state index in [0.29, 0.717) is 6.61 Å². The first-order chi connectivity index (χ1) is 6.76. The van der Waals surface area contributed by atoms with Gasteiger partial charge in [0, 0.05) is 7.05 Å². The summed E-state index contributed by atoms with van der Waals surface area (Å²) >= 11 is 0. The second-order valence-corrected chi connectivity index (χ2v) is 4.14. The normalized spacial score (nSPS) is 10.7. The molecule has 0 aromatic heterocycles. The molecule has 15 heavy (non-hydrogen) atoms. The minimum atomic E-state index is -0.556. The third-order valence-electron chi connectivity index (χ3n) is 1.38. The molecule has 5 nitrogen and oxygen atoms in total. The Morgan fingerprint density at radius 3 is 2.20 bits per heavy atom. The van der Waals surface area contributed by atoms with Crippen molar-refractivity contribution in [2.24, 2.45) is 0 Å². The van der Waals surface area contributed by atoms with Crippen LogP contribution in [0.25, 0.3) is 0 Å². The molecule has 0 unspecified atom stereocenters. The number of esters is 1. The lowest BCUT2D eigenvalue weighted by Crippen LogP contribution is -2.37. The third-order valence-corrected chi connectivity index (χ3v) is 1.38. The van der Waals surface area contributed by atoms with Crippen LogP contribution in [0.4, 0.5) is 4.79 Å². The molecule has 0 rings (SSSR count). The number of amides is 1. The maximum Gasteiger partial charge on any atom is 0.410 e. The monoisotopic (exact) mass is 217 g/mol.